The maximum atomic E-state index is 12.4. The zero-order valence-electron chi connectivity index (χ0n) is 15.1. The van der Waals surface area contributed by atoms with Crippen LogP contribution >= 0.6 is 11.6 Å². The van der Waals surface area contributed by atoms with Gasteiger partial charge in [-0.1, -0.05) is 11.6 Å². The Kier molecular flexibility index (Phi) is 6.24. The van der Waals surface area contributed by atoms with Crippen molar-refractivity contribution in [2.45, 2.75) is 6.92 Å². The van der Waals surface area contributed by atoms with Gasteiger partial charge in [0.05, 0.1) is 17.7 Å². The summed E-state index contributed by atoms with van der Waals surface area (Å²) >= 11 is 5.86. The van der Waals surface area contributed by atoms with E-state index in [9.17, 15) is 9.59 Å². The van der Waals surface area contributed by atoms with E-state index in [2.05, 4.69) is 15.6 Å². The lowest BCUT2D eigenvalue weighted by Crippen LogP contribution is -2.12. The number of hydrogen-bond acceptors (Lipinski definition) is 5. The van der Waals surface area contributed by atoms with Crippen LogP contribution in [0.25, 0.3) is 0 Å². The van der Waals surface area contributed by atoms with Crippen molar-refractivity contribution in [2.75, 3.05) is 17.2 Å². The Morgan fingerprint density at radius 3 is 2.18 bits per heavy atom. The number of ether oxygens (including phenoxy) is 1. The molecule has 2 aromatic carbocycles. The van der Waals surface area contributed by atoms with Crippen molar-refractivity contribution in [3.63, 3.8) is 0 Å². The molecule has 1 heterocycles. The topological polar surface area (TPSA) is 80.3 Å². The largest absolute Gasteiger partial charge is 0.462 e. The smallest absolute Gasteiger partial charge is 0.338 e. The SMILES string of the molecule is CCOC(=O)c1ccc(NC(=O)c2ccc(Nc3ccc(Cl)cc3)nc2)cc1. The van der Waals surface area contributed by atoms with Crippen LogP contribution in [0, 0.1) is 0 Å². The van der Waals surface area contributed by atoms with Crippen molar-refractivity contribution in [3.8, 4) is 0 Å². The summed E-state index contributed by atoms with van der Waals surface area (Å²) in [4.78, 5) is 28.3. The molecule has 1 aromatic heterocycles. The van der Waals surface area contributed by atoms with Gasteiger partial charge in [0.25, 0.3) is 5.91 Å². The number of amides is 1. The molecule has 7 heteroatoms. The Balaban J connectivity index is 1.61. The molecule has 1 amide bonds. The van der Waals surface area contributed by atoms with E-state index in [1.165, 1.54) is 6.20 Å². The van der Waals surface area contributed by atoms with Gasteiger partial charge in [0.1, 0.15) is 5.82 Å². The number of benzene rings is 2. The van der Waals surface area contributed by atoms with Crippen molar-refractivity contribution < 1.29 is 14.3 Å². The van der Waals surface area contributed by atoms with E-state index in [0.29, 0.717) is 34.3 Å². The van der Waals surface area contributed by atoms with E-state index in [1.54, 1.807) is 55.5 Å². The third-order valence-corrected chi connectivity index (χ3v) is 4.05. The number of pyridine rings is 1. The average molecular weight is 396 g/mol. The summed E-state index contributed by atoms with van der Waals surface area (Å²) in [5.41, 5.74) is 2.26. The molecule has 0 fully saturated rings. The maximum absolute atomic E-state index is 12.4. The van der Waals surface area contributed by atoms with Crippen LogP contribution in [0.3, 0.4) is 0 Å². The highest BCUT2D eigenvalue weighted by Gasteiger charge is 2.09. The van der Waals surface area contributed by atoms with Gasteiger partial charge < -0.3 is 15.4 Å². The van der Waals surface area contributed by atoms with E-state index in [4.69, 9.17) is 16.3 Å². The summed E-state index contributed by atoms with van der Waals surface area (Å²) in [6, 6.07) is 17.1. The Bertz CT molecular complexity index is 956. The lowest BCUT2D eigenvalue weighted by Gasteiger charge is -2.08. The molecule has 0 aliphatic rings. The first kappa shape index (κ1) is 19.4. The van der Waals surface area contributed by atoms with Crippen molar-refractivity contribution in [3.05, 3.63) is 83.0 Å². The molecule has 0 radical (unpaired) electrons. The number of halogens is 1. The zero-order chi connectivity index (χ0) is 19.9. The fraction of sp³-hybridized carbons (Fsp3) is 0.0952. The van der Waals surface area contributed by atoms with Crippen molar-refractivity contribution in [1.29, 1.82) is 0 Å². The van der Waals surface area contributed by atoms with Gasteiger partial charge in [-0.2, -0.15) is 0 Å². The first-order valence-electron chi connectivity index (χ1n) is 8.62. The monoisotopic (exact) mass is 395 g/mol. The van der Waals surface area contributed by atoms with Crippen LogP contribution in [0.15, 0.2) is 66.9 Å². The number of aromatic nitrogens is 1. The van der Waals surface area contributed by atoms with Crippen LogP contribution in [0.5, 0.6) is 0 Å². The minimum Gasteiger partial charge on any atom is -0.462 e. The van der Waals surface area contributed by atoms with Crippen LogP contribution in [-0.2, 0) is 4.74 Å². The molecule has 0 unspecified atom stereocenters. The molecule has 0 aliphatic carbocycles. The fourth-order valence-corrected chi connectivity index (χ4v) is 2.52. The minimum atomic E-state index is -0.395. The van der Waals surface area contributed by atoms with Crippen molar-refractivity contribution >= 4 is 40.7 Å². The number of nitrogens with one attached hydrogen (secondary N) is 2. The van der Waals surface area contributed by atoms with Crippen LogP contribution in [0.1, 0.15) is 27.6 Å². The number of esters is 1. The molecule has 0 atom stereocenters. The van der Waals surface area contributed by atoms with E-state index in [-0.39, 0.29) is 5.91 Å². The first-order valence-corrected chi connectivity index (χ1v) is 9.00. The maximum Gasteiger partial charge on any atom is 0.338 e. The van der Waals surface area contributed by atoms with Crippen LogP contribution < -0.4 is 10.6 Å². The molecule has 3 rings (SSSR count). The molecule has 28 heavy (non-hydrogen) atoms. The molecule has 142 valence electrons. The van der Waals surface area contributed by atoms with Gasteiger partial charge in [0, 0.05) is 22.6 Å². The molecular formula is C21H18ClN3O3. The Morgan fingerprint density at radius 1 is 0.929 bits per heavy atom. The average Bonchev–Trinajstić information content (AvgIpc) is 2.71. The molecule has 0 aliphatic heterocycles. The summed E-state index contributed by atoms with van der Waals surface area (Å²) in [6.45, 7) is 2.06. The van der Waals surface area contributed by atoms with Gasteiger partial charge in [-0.25, -0.2) is 9.78 Å². The minimum absolute atomic E-state index is 0.297. The highest BCUT2D eigenvalue weighted by molar-refractivity contribution is 6.30. The zero-order valence-corrected chi connectivity index (χ0v) is 15.9. The van der Waals surface area contributed by atoms with Gasteiger partial charge in [-0.05, 0) is 67.6 Å². The number of hydrogen-bond donors (Lipinski definition) is 2. The molecule has 3 aromatic rings. The Labute approximate surface area is 167 Å². The van der Waals surface area contributed by atoms with Crippen LogP contribution in [-0.4, -0.2) is 23.5 Å². The third kappa shape index (κ3) is 5.08. The predicted molar refractivity (Wildman–Crippen MR) is 109 cm³/mol. The molecule has 2 N–H and O–H groups in total. The molecule has 0 spiro atoms. The lowest BCUT2D eigenvalue weighted by molar-refractivity contribution is 0.0526. The van der Waals surface area contributed by atoms with E-state index < -0.39 is 5.97 Å². The van der Waals surface area contributed by atoms with Crippen LogP contribution in [0.2, 0.25) is 5.02 Å². The summed E-state index contributed by atoms with van der Waals surface area (Å²) in [5.74, 6) is -0.0829. The number of rotatable bonds is 6. The fourth-order valence-electron chi connectivity index (χ4n) is 2.39. The molecule has 0 saturated heterocycles. The van der Waals surface area contributed by atoms with Gasteiger partial charge in [-0.15, -0.1) is 0 Å². The van der Waals surface area contributed by atoms with Crippen molar-refractivity contribution in [2.24, 2.45) is 0 Å². The van der Waals surface area contributed by atoms with Crippen molar-refractivity contribution in [1.82, 2.24) is 4.98 Å². The number of nitrogens with zero attached hydrogens (tertiary/aromatic N) is 1. The standard InChI is InChI=1S/C21H18ClN3O3/c1-2-28-21(27)14-3-8-18(9-4-14)25-20(26)15-5-12-19(23-13-15)24-17-10-6-16(22)7-11-17/h3-13H,2H2,1H3,(H,23,24)(H,25,26). The van der Waals surface area contributed by atoms with Gasteiger partial charge in [-0.3, -0.25) is 4.79 Å². The second-order valence-electron chi connectivity index (χ2n) is 5.82. The van der Waals surface area contributed by atoms with Gasteiger partial charge in [0.2, 0.25) is 0 Å². The first-order chi connectivity index (χ1) is 13.5. The lowest BCUT2D eigenvalue weighted by atomic mass is 10.2. The third-order valence-electron chi connectivity index (χ3n) is 3.80. The summed E-state index contributed by atoms with van der Waals surface area (Å²) in [6.07, 6.45) is 1.49. The number of carbonyl (C=O) groups is 2. The summed E-state index contributed by atoms with van der Waals surface area (Å²) in [7, 11) is 0. The summed E-state index contributed by atoms with van der Waals surface area (Å²) in [5, 5.41) is 6.55. The van der Waals surface area contributed by atoms with Gasteiger partial charge >= 0.3 is 5.97 Å². The quantitative estimate of drug-likeness (QED) is 0.580. The molecule has 0 saturated carbocycles. The molecule has 0 bridgehead atoms. The van der Waals surface area contributed by atoms with E-state index in [0.717, 1.165) is 5.69 Å². The summed E-state index contributed by atoms with van der Waals surface area (Å²) < 4.78 is 4.93. The normalized spacial score (nSPS) is 10.2. The highest BCUT2D eigenvalue weighted by atomic mass is 35.5. The number of anilines is 3. The van der Waals surface area contributed by atoms with Gasteiger partial charge in [0.15, 0.2) is 0 Å². The second kappa shape index (κ2) is 9.01. The Hall–Kier alpha value is -3.38. The Morgan fingerprint density at radius 2 is 1.57 bits per heavy atom. The number of carbonyl (C=O) groups excluding carboxylic acids is 2. The highest BCUT2D eigenvalue weighted by Crippen LogP contribution is 2.18. The van der Waals surface area contributed by atoms with E-state index in [1.807, 2.05) is 12.1 Å². The van der Waals surface area contributed by atoms with E-state index >= 15 is 0 Å². The molecule has 6 nitrogen and oxygen atoms in total. The second-order valence-corrected chi connectivity index (χ2v) is 6.25. The van der Waals surface area contributed by atoms with Crippen LogP contribution in [0.4, 0.5) is 17.2 Å². The molecular weight excluding hydrogens is 378 g/mol. The predicted octanol–water partition coefficient (Wildman–Crippen LogP) is 4.91.